The Morgan fingerprint density at radius 1 is 1.07 bits per heavy atom. The van der Waals surface area contributed by atoms with E-state index in [1.54, 1.807) is 17.0 Å². The summed E-state index contributed by atoms with van der Waals surface area (Å²) in [6.07, 6.45) is 2.67. The summed E-state index contributed by atoms with van der Waals surface area (Å²) in [5, 5.41) is 5.25. The van der Waals surface area contributed by atoms with Crippen LogP contribution in [0.2, 0.25) is 0 Å². The molecule has 0 spiro atoms. The zero-order chi connectivity index (χ0) is 20.1. The molecule has 0 aliphatic carbocycles. The maximum Gasteiger partial charge on any atom is 0.246 e. The first-order valence-corrected chi connectivity index (χ1v) is 11.1. The average molecular weight is 400 g/mol. The summed E-state index contributed by atoms with van der Waals surface area (Å²) in [6, 6.07) is 13.3. The molecule has 2 atom stereocenters. The molecule has 7 heteroatoms. The van der Waals surface area contributed by atoms with Gasteiger partial charge in [-0.05, 0) is 68.5 Å². The van der Waals surface area contributed by atoms with Crippen LogP contribution in [0.4, 0.5) is 11.4 Å². The molecule has 2 aliphatic rings. The standard InChI is InChI=1S/C21H25N3O3S/c1-14-7-8-16-5-3-4-6-19(16)23(14)13-21(25)24-15(2)11-17-12-18(28(22,26)27)9-10-20(17)24/h3-6,9-10,12,14-15H,7-8,11,13H2,1-2H3,(H2,22,26,27). The maximum absolute atomic E-state index is 13.3. The third kappa shape index (κ3) is 3.29. The van der Waals surface area contributed by atoms with E-state index in [2.05, 4.69) is 24.0 Å². The molecule has 28 heavy (non-hydrogen) atoms. The highest BCUT2D eigenvalue weighted by Gasteiger charge is 2.34. The van der Waals surface area contributed by atoms with Crippen molar-refractivity contribution in [3.63, 3.8) is 0 Å². The molecule has 2 heterocycles. The van der Waals surface area contributed by atoms with Gasteiger partial charge >= 0.3 is 0 Å². The lowest BCUT2D eigenvalue weighted by Crippen LogP contribution is -2.47. The molecule has 148 valence electrons. The number of aryl methyl sites for hydroxylation is 1. The Kier molecular flexibility index (Phi) is 4.67. The summed E-state index contributed by atoms with van der Waals surface area (Å²) < 4.78 is 23.3. The number of rotatable bonds is 3. The monoisotopic (exact) mass is 399 g/mol. The van der Waals surface area contributed by atoms with Crippen molar-refractivity contribution in [1.82, 2.24) is 0 Å². The third-order valence-electron chi connectivity index (χ3n) is 5.83. The fourth-order valence-electron chi connectivity index (χ4n) is 4.39. The second-order valence-electron chi connectivity index (χ2n) is 7.80. The van der Waals surface area contributed by atoms with E-state index in [9.17, 15) is 13.2 Å². The number of carbonyl (C=O) groups is 1. The van der Waals surface area contributed by atoms with Gasteiger partial charge in [-0.25, -0.2) is 13.6 Å². The molecule has 4 rings (SSSR count). The molecule has 1 amide bonds. The minimum Gasteiger partial charge on any atom is -0.359 e. The van der Waals surface area contributed by atoms with Crippen LogP contribution in [0, 0.1) is 0 Å². The van der Waals surface area contributed by atoms with Gasteiger partial charge in [-0.15, -0.1) is 0 Å². The molecule has 2 N–H and O–H groups in total. The molecule has 6 nitrogen and oxygen atoms in total. The number of carbonyl (C=O) groups excluding carboxylic acids is 1. The molecular formula is C21H25N3O3S. The topological polar surface area (TPSA) is 83.7 Å². The number of fused-ring (bicyclic) bond motifs is 2. The minimum absolute atomic E-state index is 0.0198. The van der Waals surface area contributed by atoms with E-state index in [0.29, 0.717) is 19.0 Å². The Labute approximate surface area is 166 Å². The number of sulfonamides is 1. The Bertz CT molecular complexity index is 1030. The number of anilines is 2. The first-order chi connectivity index (χ1) is 13.3. The van der Waals surface area contributed by atoms with E-state index in [1.165, 1.54) is 11.6 Å². The molecule has 2 aliphatic heterocycles. The van der Waals surface area contributed by atoms with Crippen molar-refractivity contribution in [3.8, 4) is 0 Å². The van der Waals surface area contributed by atoms with E-state index in [0.717, 1.165) is 29.8 Å². The van der Waals surface area contributed by atoms with Crippen molar-refractivity contribution < 1.29 is 13.2 Å². The van der Waals surface area contributed by atoms with Gasteiger partial charge in [0.25, 0.3) is 0 Å². The fourth-order valence-corrected chi connectivity index (χ4v) is 4.95. The predicted octanol–water partition coefficient (Wildman–Crippen LogP) is 2.45. The molecule has 2 aromatic carbocycles. The molecule has 0 saturated heterocycles. The summed E-state index contributed by atoms with van der Waals surface area (Å²) >= 11 is 0. The van der Waals surface area contributed by atoms with Crippen LogP contribution in [0.3, 0.4) is 0 Å². The molecule has 2 aromatic rings. The predicted molar refractivity (Wildman–Crippen MR) is 110 cm³/mol. The Balaban J connectivity index is 1.62. The van der Waals surface area contributed by atoms with Gasteiger partial charge in [-0.3, -0.25) is 4.79 Å². The lowest BCUT2D eigenvalue weighted by Gasteiger charge is -2.38. The highest BCUT2D eigenvalue weighted by Crippen LogP contribution is 2.35. The van der Waals surface area contributed by atoms with Crippen LogP contribution in [0.15, 0.2) is 47.4 Å². The van der Waals surface area contributed by atoms with Crippen molar-refractivity contribution in [2.24, 2.45) is 5.14 Å². The number of para-hydroxylation sites is 1. The number of benzene rings is 2. The third-order valence-corrected chi connectivity index (χ3v) is 6.74. The van der Waals surface area contributed by atoms with Gasteiger partial charge in [0.2, 0.25) is 15.9 Å². The van der Waals surface area contributed by atoms with Gasteiger partial charge in [0.15, 0.2) is 0 Å². The summed E-state index contributed by atoms with van der Waals surface area (Å²) in [4.78, 5) is 17.3. The number of hydrogen-bond donors (Lipinski definition) is 1. The van der Waals surface area contributed by atoms with Gasteiger partial charge in [-0.1, -0.05) is 18.2 Å². The average Bonchev–Trinajstić information content (AvgIpc) is 2.98. The van der Waals surface area contributed by atoms with Crippen molar-refractivity contribution in [2.45, 2.75) is 50.1 Å². The molecular weight excluding hydrogens is 374 g/mol. The molecule has 2 unspecified atom stereocenters. The van der Waals surface area contributed by atoms with E-state index < -0.39 is 10.0 Å². The SMILES string of the molecule is CC1CCc2ccccc2N1CC(=O)N1c2ccc(S(N)(=O)=O)cc2CC1C. The Morgan fingerprint density at radius 3 is 2.57 bits per heavy atom. The summed E-state index contributed by atoms with van der Waals surface area (Å²) in [5.41, 5.74) is 4.04. The van der Waals surface area contributed by atoms with E-state index in [4.69, 9.17) is 5.14 Å². The van der Waals surface area contributed by atoms with E-state index >= 15 is 0 Å². The van der Waals surface area contributed by atoms with Gasteiger partial charge < -0.3 is 9.80 Å². The van der Waals surface area contributed by atoms with Crippen LogP contribution in [0.1, 0.15) is 31.4 Å². The normalized spacial score (nSPS) is 21.4. The van der Waals surface area contributed by atoms with Gasteiger partial charge in [0, 0.05) is 23.5 Å². The number of nitrogens with zero attached hydrogens (tertiary/aromatic N) is 2. The lowest BCUT2D eigenvalue weighted by atomic mass is 9.96. The summed E-state index contributed by atoms with van der Waals surface area (Å²) in [5.74, 6) is 0.0261. The highest BCUT2D eigenvalue weighted by atomic mass is 32.2. The Morgan fingerprint density at radius 2 is 1.82 bits per heavy atom. The van der Waals surface area contributed by atoms with Gasteiger partial charge in [-0.2, -0.15) is 0 Å². The fraction of sp³-hybridized carbons (Fsp3) is 0.381. The van der Waals surface area contributed by atoms with Crippen molar-refractivity contribution in [1.29, 1.82) is 0 Å². The minimum atomic E-state index is -3.75. The van der Waals surface area contributed by atoms with Crippen LogP contribution < -0.4 is 14.9 Å². The molecule has 0 bridgehead atoms. The van der Waals surface area contributed by atoms with Gasteiger partial charge in [0.05, 0.1) is 11.4 Å². The summed E-state index contributed by atoms with van der Waals surface area (Å²) in [7, 11) is -3.75. The van der Waals surface area contributed by atoms with Crippen LogP contribution in [0.25, 0.3) is 0 Å². The van der Waals surface area contributed by atoms with Crippen LogP contribution >= 0.6 is 0 Å². The van der Waals surface area contributed by atoms with Crippen LogP contribution in [-0.4, -0.2) is 33.0 Å². The number of nitrogens with two attached hydrogens (primary N) is 1. The van der Waals surface area contributed by atoms with Crippen molar-refractivity contribution in [3.05, 3.63) is 53.6 Å². The van der Waals surface area contributed by atoms with E-state index in [1.807, 2.05) is 19.1 Å². The van der Waals surface area contributed by atoms with Gasteiger partial charge in [0.1, 0.15) is 0 Å². The highest BCUT2D eigenvalue weighted by molar-refractivity contribution is 7.89. The number of hydrogen-bond acceptors (Lipinski definition) is 4. The van der Waals surface area contributed by atoms with E-state index in [-0.39, 0.29) is 16.8 Å². The zero-order valence-corrected chi connectivity index (χ0v) is 16.9. The molecule has 0 radical (unpaired) electrons. The molecule has 0 saturated carbocycles. The smallest absolute Gasteiger partial charge is 0.246 e. The van der Waals surface area contributed by atoms with Crippen LogP contribution in [-0.2, 0) is 27.7 Å². The second kappa shape index (κ2) is 6.90. The van der Waals surface area contributed by atoms with Crippen LogP contribution in [0.5, 0.6) is 0 Å². The zero-order valence-electron chi connectivity index (χ0n) is 16.1. The molecule has 0 fully saturated rings. The maximum atomic E-state index is 13.3. The first-order valence-electron chi connectivity index (χ1n) is 9.58. The number of primary sulfonamides is 1. The quantitative estimate of drug-likeness (QED) is 0.859. The number of amides is 1. The Hall–Kier alpha value is -2.38. The largest absolute Gasteiger partial charge is 0.359 e. The summed E-state index contributed by atoms with van der Waals surface area (Å²) in [6.45, 7) is 4.45. The van der Waals surface area contributed by atoms with Crippen molar-refractivity contribution in [2.75, 3.05) is 16.3 Å². The second-order valence-corrected chi connectivity index (χ2v) is 9.36. The lowest BCUT2D eigenvalue weighted by molar-refractivity contribution is -0.117. The molecule has 0 aromatic heterocycles. The first kappa shape index (κ1) is 19.0. The van der Waals surface area contributed by atoms with Crippen molar-refractivity contribution >= 4 is 27.3 Å².